The van der Waals surface area contributed by atoms with Crippen LogP contribution in [0.2, 0.25) is 0 Å². The van der Waals surface area contributed by atoms with E-state index in [9.17, 15) is 0 Å². The fraction of sp³-hybridized carbons (Fsp3) is 0.182. The number of hydrogen-bond acceptors (Lipinski definition) is 9. The second kappa shape index (κ2) is 10.6. The summed E-state index contributed by atoms with van der Waals surface area (Å²) in [6, 6.07) is 16.8. The largest absolute Gasteiger partial charge is 0.378 e. The lowest BCUT2D eigenvalue weighted by Gasteiger charge is -2.08. The molecule has 156 valence electrons. The maximum absolute atomic E-state index is 9.17. The fourth-order valence-electron chi connectivity index (χ4n) is 2.82. The van der Waals surface area contributed by atoms with E-state index in [1.165, 1.54) is 0 Å². The van der Waals surface area contributed by atoms with Crippen LogP contribution < -0.4 is 11.2 Å². The Morgan fingerprint density at radius 1 is 1.16 bits per heavy atom. The van der Waals surface area contributed by atoms with E-state index in [1.807, 2.05) is 24.3 Å². The molecule has 0 unspecified atom stereocenters. The normalized spacial score (nSPS) is 11.5. The number of aromatic nitrogens is 3. The Morgan fingerprint density at radius 2 is 1.97 bits per heavy atom. The standard InChI is InChI=1S/C22H22N8O/c1-25-22-28-19(16-6-3-5-15(9-16)11-23)10-20(29-22)21(30-24)13-26-12-17-7-4-8-18(27-17)14-31-2/h3-10,13H,12,14,24H2,1-2H3,(H,25,28,29). The number of benzene rings is 1. The highest BCUT2D eigenvalue weighted by Crippen LogP contribution is 2.20. The number of hydrogen-bond donors (Lipinski definition) is 2. The van der Waals surface area contributed by atoms with E-state index >= 15 is 0 Å². The van der Waals surface area contributed by atoms with Crippen molar-refractivity contribution in [2.24, 2.45) is 15.9 Å². The number of ether oxygens (including phenoxy) is 1. The summed E-state index contributed by atoms with van der Waals surface area (Å²) < 4.78 is 5.11. The third-order valence-corrected chi connectivity index (χ3v) is 4.26. The van der Waals surface area contributed by atoms with Gasteiger partial charge >= 0.3 is 0 Å². The van der Waals surface area contributed by atoms with Crippen LogP contribution in [0, 0.1) is 11.3 Å². The minimum Gasteiger partial charge on any atom is -0.378 e. The van der Waals surface area contributed by atoms with Gasteiger partial charge in [0, 0.05) is 19.7 Å². The van der Waals surface area contributed by atoms with Crippen LogP contribution >= 0.6 is 0 Å². The number of nitrogens with two attached hydrogens (primary N) is 1. The first-order valence-electron chi connectivity index (χ1n) is 9.46. The van der Waals surface area contributed by atoms with Gasteiger partial charge in [0.15, 0.2) is 0 Å². The molecule has 0 radical (unpaired) electrons. The molecule has 9 heteroatoms. The van der Waals surface area contributed by atoms with Crippen LogP contribution in [0.4, 0.5) is 5.95 Å². The molecule has 0 atom stereocenters. The van der Waals surface area contributed by atoms with Crippen LogP contribution in [-0.2, 0) is 17.9 Å². The zero-order chi connectivity index (χ0) is 22.1. The molecule has 0 aliphatic carbocycles. The summed E-state index contributed by atoms with van der Waals surface area (Å²) in [5.74, 6) is 6.02. The average molecular weight is 414 g/mol. The minimum absolute atomic E-state index is 0.359. The Balaban J connectivity index is 1.86. The third-order valence-electron chi connectivity index (χ3n) is 4.26. The Bertz CT molecular complexity index is 1150. The highest BCUT2D eigenvalue weighted by molar-refractivity contribution is 6.37. The number of nitriles is 1. The Hall–Kier alpha value is -4.16. The summed E-state index contributed by atoms with van der Waals surface area (Å²) in [6.07, 6.45) is 1.56. The van der Waals surface area contributed by atoms with Crippen LogP contribution in [0.25, 0.3) is 11.3 Å². The number of pyridine rings is 1. The summed E-state index contributed by atoms with van der Waals surface area (Å²) in [4.78, 5) is 17.8. The predicted octanol–water partition coefficient (Wildman–Crippen LogP) is 2.53. The van der Waals surface area contributed by atoms with Gasteiger partial charge in [0.05, 0.1) is 53.8 Å². The number of nitrogens with one attached hydrogen (secondary N) is 1. The topological polar surface area (TPSA) is 134 Å². The Kier molecular flexibility index (Phi) is 7.35. The van der Waals surface area contributed by atoms with Crippen molar-refractivity contribution in [1.29, 1.82) is 5.26 Å². The van der Waals surface area contributed by atoms with Gasteiger partial charge in [-0.1, -0.05) is 18.2 Å². The quantitative estimate of drug-likeness (QED) is 0.328. The van der Waals surface area contributed by atoms with Gasteiger partial charge in [-0.25, -0.2) is 9.97 Å². The van der Waals surface area contributed by atoms with Gasteiger partial charge in [-0.05, 0) is 30.3 Å². The van der Waals surface area contributed by atoms with Crippen molar-refractivity contribution in [3.63, 3.8) is 0 Å². The summed E-state index contributed by atoms with van der Waals surface area (Å²) in [5, 5.41) is 15.9. The van der Waals surface area contributed by atoms with Crippen molar-refractivity contribution in [1.82, 2.24) is 15.0 Å². The van der Waals surface area contributed by atoms with Crippen LogP contribution in [-0.4, -0.2) is 41.0 Å². The molecule has 2 heterocycles. The van der Waals surface area contributed by atoms with E-state index in [1.54, 1.807) is 44.6 Å². The van der Waals surface area contributed by atoms with Gasteiger partial charge in [-0.15, -0.1) is 0 Å². The first-order chi connectivity index (χ1) is 15.2. The molecule has 31 heavy (non-hydrogen) atoms. The summed E-state index contributed by atoms with van der Waals surface area (Å²) in [7, 11) is 3.35. The molecule has 0 saturated heterocycles. The van der Waals surface area contributed by atoms with Crippen molar-refractivity contribution >= 4 is 17.9 Å². The first kappa shape index (κ1) is 21.5. The molecule has 1 aromatic carbocycles. The summed E-state index contributed by atoms with van der Waals surface area (Å²) in [5.41, 5.74) is 4.49. The van der Waals surface area contributed by atoms with Gasteiger partial charge in [0.25, 0.3) is 0 Å². The van der Waals surface area contributed by atoms with Crippen molar-refractivity contribution in [3.05, 3.63) is 71.2 Å². The number of nitrogens with zero attached hydrogens (tertiary/aromatic N) is 6. The molecule has 9 nitrogen and oxygen atoms in total. The smallest absolute Gasteiger partial charge is 0.223 e. The summed E-state index contributed by atoms with van der Waals surface area (Å²) >= 11 is 0. The van der Waals surface area contributed by atoms with E-state index < -0.39 is 0 Å². The highest BCUT2D eigenvalue weighted by atomic mass is 16.5. The maximum Gasteiger partial charge on any atom is 0.223 e. The number of methoxy groups -OCH3 is 1. The number of rotatable bonds is 8. The van der Waals surface area contributed by atoms with Crippen molar-refractivity contribution in [2.75, 3.05) is 19.5 Å². The Labute approximate surface area is 180 Å². The van der Waals surface area contributed by atoms with Gasteiger partial charge in [-0.3, -0.25) is 9.98 Å². The predicted molar refractivity (Wildman–Crippen MR) is 120 cm³/mol. The molecular weight excluding hydrogens is 392 g/mol. The molecule has 0 amide bonds. The molecular formula is C22H22N8O. The second-order valence-electron chi connectivity index (χ2n) is 6.44. The van der Waals surface area contributed by atoms with Gasteiger partial charge in [-0.2, -0.15) is 10.4 Å². The van der Waals surface area contributed by atoms with E-state index in [4.69, 9.17) is 15.8 Å². The van der Waals surface area contributed by atoms with Gasteiger partial charge in [0.2, 0.25) is 5.95 Å². The van der Waals surface area contributed by atoms with Crippen LogP contribution in [0.5, 0.6) is 0 Å². The lowest BCUT2D eigenvalue weighted by Crippen LogP contribution is -2.11. The molecule has 0 aliphatic rings. The average Bonchev–Trinajstić information content (AvgIpc) is 2.82. The van der Waals surface area contributed by atoms with Gasteiger partial charge < -0.3 is 15.9 Å². The lowest BCUT2D eigenvalue weighted by atomic mass is 10.1. The molecule has 0 aliphatic heterocycles. The number of aliphatic imine (C=N–C) groups is 1. The van der Waals surface area contributed by atoms with Crippen LogP contribution in [0.3, 0.4) is 0 Å². The zero-order valence-electron chi connectivity index (χ0n) is 17.3. The third kappa shape index (κ3) is 5.68. The van der Waals surface area contributed by atoms with Crippen molar-refractivity contribution in [3.8, 4) is 17.3 Å². The maximum atomic E-state index is 9.17. The fourth-order valence-corrected chi connectivity index (χ4v) is 2.82. The van der Waals surface area contributed by atoms with Gasteiger partial charge in [0.1, 0.15) is 5.71 Å². The number of hydrazone groups is 1. The minimum atomic E-state index is 0.359. The van der Waals surface area contributed by atoms with Crippen LogP contribution in [0.15, 0.2) is 58.6 Å². The van der Waals surface area contributed by atoms with E-state index in [0.717, 1.165) is 17.0 Å². The van der Waals surface area contributed by atoms with E-state index in [-0.39, 0.29) is 0 Å². The van der Waals surface area contributed by atoms with Crippen LogP contribution in [0.1, 0.15) is 22.6 Å². The molecule has 0 bridgehead atoms. The molecule has 2 aromatic heterocycles. The van der Waals surface area contributed by atoms with E-state index in [2.05, 4.69) is 36.4 Å². The second-order valence-corrected chi connectivity index (χ2v) is 6.44. The molecule has 3 rings (SSSR count). The van der Waals surface area contributed by atoms with Crippen molar-refractivity contribution in [2.45, 2.75) is 13.2 Å². The SMILES string of the molecule is CNc1nc(C(C=NCc2cccc(COC)n2)=NN)cc(-c2cccc(C#N)c2)n1. The van der Waals surface area contributed by atoms with E-state index in [0.29, 0.717) is 41.8 Å². The zero-order valence-corrected chi connectivity index (χ0v) is 17.3. The molecule has 3 N–H and O–H groups in total. The summed E-state index contributed by atoms with van der Waals surface area (Å²) in [6.45, 7) is 0.800. The highest BCUT2D eigenvalue weighted by Gasteiger charge is 2.11. The molecule has 0 spiro atoms. The Morgan fingerprint density at radius 3 is 2.71 bits per heavy atom. The first-order valence-corrected chi connectivity index (χ1v) is 9.46. The van der Waals surface area contributed by atoms with Crippen molar-refractivity contribution < 1.29 is 4.74 Å². The lowest BCUT2D eigenvalue weighted by molar-refractivity contribution is 0.181. The molecule has 0 saturated carbocycles. The molecule has 0 fully saturated rings. The monoisotopic (exact) mass is 414 g/mol. The molecule has 3 aromatic rings. The number of anilines is 1.